The van der Waals surface area contributed by atoms with Gasteiger partial charge in [0.25, 0.3) is 0 Å². The normalized spacial score (nSPS) is 11.7. The zero-order valence-corrected chi connectivity index (χ0v) is 11.0. The van der Waals surface area contributed by atoms with E-state index in [9.17, 15) is 8.42 Å². The Kier molecular flexibility index (Phi) is 3.38. The standard InChI is InChI=1S/C10H10ClN3O3S/c1-18(16,17)8-4-13-14(5-8)10-9(11)2-7(6-15)3-12-10/h2-5,15H,6H2,1H3. The lowest BCUT2D eigenvalue weighted by Crippen LogP contribution is -2.00. The predicted octanol–water partition coefficient (Wildman–Crippen LogP) is 0.817. The monoisotopic (exact) mass is 287 g/mol. The van der Waals surface area contributed by atoms with Gasteiger partial charge in [0.05, 0.1) is 24.0 Å². The summed E-state index contributed by atoms with van der Waals surface area (Å²) in [5.74, 6) is 0.309. The summed E-state index contributed by atoms with van der Waals surface area (Å²) in [6, 6.07) is 1.55. The van der Waals surface area contributed by atoms with Crippen LogP contribution in [0.1, 0.15) is 5.56 Å². The zero-order valence-electron chi connectivity index (χ0n) is 9.41. The molecule has 0 saturated heterocycles. The van der Waals surface area contributed by atoms with Gasteiger partial charge in [-0.25, -0.2) is 18.1 Å². The molecule has 2 aromatic rings. The molecule has 2 aromatic heterocycles. The number of sulfone groups is 1. The molecule has 0 fully saturated rings. The molecule has 0 amide bonds. The topological polar surface area (TPSA) is 85.1 Å². The summed E-state index contributed by atoms with van der Waals surface area (Å²) in [4.78, 5) is 4.12. The van der Waals surface area contributed by atoms with Gasteiger partial charge in [-0.1, -0.05) is 11.6 Å². The van der Waals surface area contributed by atoms with Crippen LogP contribution in [0.2, 0.25) is 5.02 Å². The molecule has 2 rings (SSSR count). The summed E-state index contributed by atoms with van der Waals surface area (Å²) in [6.07, 6.45) is 5.11. The largest absolute Gasteiger partial charge is 0.392 e. The van der Waals surface area contributed by atoms with Gasteiger partial charge in [0.15, 0.2) is 15.7 Å². The first kappa shape index (κ1) is 13.0. The van der Waals surface area contributed by atoms with Crippen LogP contribution >= 0.6 is 11.6 Å². The Labute approximate surface area is 109 Å². The molecule has 0 aliphatic carbocycles. The Morgan fingerprint density at radius 2 is 2.17 bits per heavy atom. The summed E-state index contributed by atoms with van der Waals surface area (Å²) >= 11 is 5.98. The second-order valence-electron chi connectivity index (χ2n) is 3.70. The van der Waals surface area contributed by atoms with E-state index < -0.39 is 9.84 Å². The first-order valence-electron chi connectivity index (χ1n) is 4.92. The highest BCUT2D eigenvalue weighted by Crippen LogP contribution is 2.20. The van der Waals surface area contributed by atoms with E-state index in [1.807, 2.05) is 0 Å². The lowest BCUT2D eigenvalue weighted by atomic mass is 10.3. The van der Waals surface area contributed by atoms with E-state index in [1.165, 1.54) is 23.3 Å². The number of halogens is 1. The predicted molar refractivity (Wildman–Crippen MR) is 65.4 cm³/mol. The molecule has 0 atom stereocenters. The van der Waals surface area contributed by atoms with Gasteiger partial charge in [-0.05, 0) is 11.6 Å². The maximum atomic E-state index is 11.3. The minimum atomic E-state index is -3.31. The highest BCUT2D eigenvalue weighted by Gasteiger charge is 2.13. The number of aliphatic hydroxyl groups is 1. The molecule has 0 radical (unpaired) electrons. The fourth-order valence-electron chi connectivity index (χ4n) is 1.34. The van der Waals surface area contributed by atoms with Crippen molar-refractivity contribution in [3.05, 3.63) is 35.2 Å². The van der Waals surface area contributed by atoms with E-state index in [2.05, 4.69) is 10.1 Å². The lowest BCUT2D eigenvalue weighted by Gasteiger charge is -2.04. The molecule has 18 heavy (non-hydrogen) atoms. The maximum absolute atomic E-state index is 11.3. The van der Waals surface area contributed by atoms with E-state index in [4.69, 9.17) is 16.7 Å². The van der Waals surface area contributed by atoms with Crippen LogP contribution in [-0.2, 0) is 16.4 Å². The number of pyridine rings is 1. The van der Waals surface area contributed by atoms with Crippen molar-refractivity contribution in [2.24, 2.45) is 0 Å². The number of aliphatic hydroxyl groups excluding tert-OH is 1. The average molecular weight is 288 g/mol. The second-order valence-corrected chi connectivity index (χ2v) is 6.12. The van der Waals surface area contributed by atoms with Crippen LogP contribution < -0.4 is 0 Å². The van der Waals surface area contributed by atoms with Gasteiger partial charge in [-0.3, -0.25) is 0 Å². The summed E-state index contributed by atoms with van der Waals surface area (Å²) in [5, 5.41) is 13.1. The number of hydrogen-bond acceptors (Lipinski definition) is 5. The van der Waals surface area contributed by atoms with Crippen LogP contribution in [0.3, 0.4) is 0 Å². The maximum Gasteiger partial charge on any atom is 0.178 e. The average Bonchev–Trinajstić information content (AvgIpc) is 2.77. The molecule has 2 heterocycles. The van der Waals surface area contributed by atoms with E-state index in [0.29, 0.717) is 11.4 Å². The lowest BCUT2D eigenvalue weighted by molar-refractivity contribution is 0.281. The summed E-state index contributed by atoms with van der Waals surface area (Å²) in [7, 11) is -3.31. The molecular weight excluding hydrogens is 278 g/mol. The third-order valence-corrected chi connectivity index (χ3v) is 3.61. The second kappa shape index (κ2) is 4.68. The Morgan fingerprint density at radius 1 is 1.44 bits per heavy atom. The van der Waals surface area contributed by atoms with Crippen LogP contribution in [0.15, 0.2) is 29.6 Å². The molecule has 0 saturated carbocycles. The zero-order chi connectivity index (χ0) is 13.3. The van der Waals surface area contributed by atoms with Crippen molar-refractivity contribution in [3.63, 3.8) is 0 Å². The smallest absolute Gasteiger partial charge is 0.178 e. The molecule has 0 aromatic carbocycles. The van der Waals surface area contributed by atoms with Gasteiger partial charge in [-0.15, -0.1) is 0 Å². The Balaban J connectivity index is 2.47. The molecule has 0 bridgehead atoms. The van der Waals surface area contributed by atoms with Crippen molar-refractivity contribution in [2.45, 2.75) is 11.5 Å². The fraction of sp³-hybridized carbons (Fsp3) is 0.200. The summed E-state index contributed by atoms with van der Waals surface area (Å²) in [6.45, 7) is -0.166. The van der Waals surface area contributed by atoms with Gasteiger partial charge in [-0.2, -0.15) is 5.10 Å². The first-order chi connectivity index (χ1) is 8.41. The number of nitrogens with zero attached hydrogens (tertiary/aromatic N) is 3. The molecule has 8 heteroatoms. The van der Waals surface area contributed by atoms with Gasteiger partial charge in [0, 0.05) is 12.5 Å². The third-order valence-electron chi connectivity index (χ3n) is 2.27. The number of hydrogen-bond donors (Lipinski definition) is 1. The molecule has 96 valence electrons. The van der Waals surface area contributed by atoms with Crippen LogP contribution in [-0.4, -0.2) is 34.5 Å². The highest BCUT2D eigenvalue weighted by molar-refractivity contribution is 7.90. The van der Waals surface area contributed by atoms with Gasteiger partial charge in [0.1, 0.15) is 4.90 Å². The quantitative estimate of drug-likeness (QED) is 0.903. The van der Waals surface area contributed by atoms with Gasteiger partial charge in [0.2, 0.25) is 0 Å². The Morgan fingerprint density at radius 3 is 2.67 bits per heavy atom. The first-order valence-corrected chi connectivity index (χ1v) is 7.19. The van der Waals surface area contributed by atoms with Crippen LogP contribution in [0.4, 0.5) is 0 Å². The summed E-state index contributed by atoms with van der Waals surface area (Å²) in [5.41, 5.74) is 0.569. The summed E-state index contributed by atoms with van der Waals surface area (Å²) < 4.78 is 23.9. The Bertz CT molecular complexity index is 681. The van der Waals surface area contributed by atoms with Crippen molar-refractivity contribution in [1.82, 2.24) is 14.8 Å². The van der Waals surface area contributed by atoms with E-state index in [-0.39, 0.29) is 16.5 Å². The van der Waals surface area contributed by atoms with Crippen LogP contribution in [0.25, 0.3) is 5.82 Å². The number of aromatic nitrogens is 3. The van der Waals surface area contributed by atoms with Crippen molar-refractivity contribution >= 4 is 21.4 Å². The van der Waals surface area contributed by atoms with Crippen molar-refractivity contribution in [2.75, 3.05) is 6.26 Å². The van der Waals surface area contributed by atoms with Crippen molar-refractivity contribution in [1.29, 1.82) is 0 Å². The van der Waals surface area contributed by atoms with E-state index >= 15 is 0 Å². The van der Waals surface area contributed by atoms with Gasteiger partial charge >= 0.3 is 0 Å². The SMILES string of the molecule is CS(=O)(=O)c1cnn(-c2ncc(CO)cc2Cl)c1. The third kappa shape index (κ3) is 2.53. The molecule has 1 N–H and O–H groups in total. The molecule has 0 aliphatic rings. The van der Waals surface area contributed by atoms with E-state index in [1.54, 1.807) is 6.07 Å². The molecule has 0 unspecified atom stereocenters. The van der Waals surface area contributed by atoms with Crippen molar-refractivity contribution in [3.8, 4) is 5.82 Å². The Hall–Kier alpha value is -1.44. The fourth-order valence-corrected chi connectivity index (χ4v) is 2.14. The van der Waals surface area contributed by atoms with Crippen LogP contribution in [0.5, 0.6) is 0 Å². The minimum absolute atomic E-state index is 0.0894. The number of rotatable bonds is 3. The van der Waals surface area contributed by atoms with Crippen molar-refractivity contribution < 1.29 is 13.5 Å². The molecule has 0 spiro atoms. The molecular formula is C10H10ClN3O3S. The van der Waals surface area contributed by atoms with Gasteiger partial charge < -0.3 is 5.11 Å². The molecule has 6 nitrogen and oxygen atoms in total. The van der Waals surface area contributed by atoms with E-state index in [0.717, 1.165) is 6.26 Å². The molecule has 0 aliphatic heterocycles. The van der Waals surface area contributed by atoms with Crippen LogP contribution in [0, 0.1) is 0 Å². The minimum Gasteiger partial charge on any atom is -0.392 e. The highest BCUT2D eigenvalue weighted by atomic mass is 35.5.